The molecule has 2 aromatic heterocycles. The molecular formula is C20H24Cl2N4OS. The SMILES string of the molecule is Cc1sc2cncn2c1COCCCN1CCN(c2cccc(Cl)c2Cl)CC1. The fourth-order valence-corrected chi connectivity index (χ4v) is 5.00. The number of fused-ring (bicyclic) bond motifs is 1. The summed E-state index contributed by atoms with van der Waals surface area (Å²) in [6, 6.07) is 5.83. The maximum Gasteiger partial charge on any atom is 0.120 e. The van der Waals surface area contributed by atoms with Crippen LogP contribution in [-0.2, 0) is 11.3 Å². The Balaban J connectivity index is 1.18. The average Bonchev–Trinajstić information content (AvgIpc) is 3.26. The topological polar surface area (TPSA) is 33.0 Å². The van der Waals surface area contributed by atoms with Crippen molar-refractivity contribution >= 4 is 45.1 Å². The van der Waals surface area contributed by atoms with Gasteiger partial charge >= 0.3 is 0 Å². The second-order valence-electron chi connectivity index (χ2n) is 7.01. The van der Waals surface area contributed by atoms with Gasteiger partial charge in [0.15, 0.2) is 0 Å². The molecule has 1 saturated heterocycles. The molecule has 1 aromatic carbocycles. The number of anilines is 1. The average molecular weight is 439 g/mol. The normalized spacial score (nSPS) is 15.6. The number of piperazine rings is 1. The van der Waals surface area contributed by atoms with Crippen LogP contribution in [0.4, 0.5) is 5.69 Å². The van der Waals surface area contributed by atoms with Gasteiger partial charge in [-0.1, -0.05) is 29.3 Å². The van der Waals surface area contributed by atoms with Crippen molar-refractivity contribution in [1.82, 2.24) is 14.3 Å². The van der Waals surface area contributed by atoms with Crippen molar-refractivity contribution in [3.63, 3.8) is 0 Å². The van der Waals surface area contributed by atoms with Crippen molar-refractivity contribution in [1.29, 1.82) is 0 Å². The zero-order valence-corrected chi connectivity index (χ0v) is 18.2. The molecule has 0 amide bonds. The van der Waals surface area contributed by atoms with Crippen molar-refractivity contribution in [3.8, 4) is 0 Å². The fourth-order valence-electron chi connectivity index (χ4n) is 3.63. The molecule has 0 unspecified atom stereocenters. The van der Waals surface area contributed by atoms with Crippen LogP contribution in [0.2, 0.25) is 10.0 Å². The lowest BCUT2D eigenvalue weighted by atomic mass is 10.2. The van der Waals surface area contributed by atoms with Gasteiger partial charge in [-0.25, -0.2) is 4.98 Å². The van der Waals surface area contributed by atoms with Crippen LogP contribution < -0.4 is 4.90 Å². The summed E-state index contributed by atoms with van der Waals surface area (Å²) >= 11 is 14.3. The van der Waals surface area contributed by atoms with Gasteiger partial charge in [0.1, 0.15) is 11.2 Å². The second kappa shape index (κ2) is 9.01. The molecule has 0 saturated carbocycles. The number of ether oxygens (including phenoxy) is 1. The van der Waals surface area contributed by atoms with Gasteiger partial charge in [0, 0.05) is 44.2 Å². The predicted octanol–water partition coefficient (Wildman–Crippen LogP) is 4.74. The molecule has 1 aliphatic rings. The Kier molecular flexibility index (Phi) is 6.43. The molecule has 1 aliphatic heterocycles. The number of hydrogen-bond donors (Lipinski definition) is 0. The molecule has 28 heavy (non-hydrogen) atoms. The number of aryl methyl sites for hydroxylation is 1. The van der Waals surface area contributed by atoms with Crippen LogP contribution in [0.25, 0.3) is 4.83 Å². The number of hydrogen-bond acceptors (Lipinski definition) is 5. The minimum absolute atomic E-state index is 0.618. The van der Waals surface area contributed by atoms with Gasteiger partial charge in [-0.05, 0) is 25.5 Å². The van der Waals surface area contributed by atoms with Crippen molar-refractivity contribution in [2.45, 2.75) is 20.0 Å². The smallest absolute Gasteiger partial charge is 0.120 e. The van der Waals surface area contributed by atoms with E-state index in [2.05, 4.69) is 26.1 Å². The summed E-state index contributed by atoms with van der Waals surface area (Å²) in [6.45, 7) is 8.60. The standard InChI is InChI=1S/C20H24Cl2N4OS/c1-15-18(26-14-23-12-19(26)28-15)13-27-11-3-6-24-7-9-25(10-8-24)17-5-2-4-16(21)20(17)22/h2,4-5,12,14H,3,6-11,13H2,1H3. The molecule has 0 bridgehead atoms. The number of aromatic nitrogens is 2. The quantitative estimate of drug-likeness (QED) is 0.498. The fraction of sp³-hybridized carbons (Fsp3) is 0.450. The zero-order valence-electron chi connectivity index (χ0n) is 15.9. The minimum Gasteiger partial charge on any atom is -0.375 e. The maximum absolute atomic E-state index is 6.36. The Labute approximate surface area is 179 Å². The number of rotatable bonds is 7. The second-order valence-corrected chi connectivity index (χ2v) is 9.03. The van der Waals surface area contributed by atoms with E-state index in [1.165, 1.54) is 15.4 Å². The molecular weight excluding hydrogens is 415 g/mol. The molecule has 8 heteroatoms. The number of thiazole rings is 1. The monoisotopic (exact) mass is 438 g/mol. The molecule has 0 spiro atoms. The summed E-state index contributed by atoms with van der Waals surface area (Å²) in [5, 5.41) is 1.27. The van der Waals surface area contributed by atoms with Gasteiger partial charge in [0.05, 0.1) is 34.2 Å². The van der Waals surface area contributed by atoms with Crippen LogP contribution in [0, 0.1) is 6.92 Å². The maximum atomic E-state index is 6.36. The Morgan fingerprint density at radius 3 is 2.82 bits per heavy atom. The van der Waals surface area contributed by atoms with Gasteiger partial charge in [0.2, 0.25) is 0 Å². The first-order chi connectivity index (χ1) is 13.6. The van der Waals surface area contributed by atoms with Crippen molar-refractivity contribution in [3.05, 3.63) is 51.3 Å². The van der Waals surface area contributed by atoms with Crippen LogP contribution >= 0.6 is 34.5 Å². The number of imidazole rings is 1. The van der Waals surface area contributed by atoms with Gasteiger partial charge < -0.3 is 9.64 Å². The van der Waals surface area contributed by atoms with E-state index in [9.17, 15) is 0 Å². The number of nitrogens with zero attached hydrogens (tertiary/aromatic N) is 4. The van der Waals surface area contributed by atoms with E-state index in [4.69, 9.17) is 27.9 Å². The van der Waals surface area contributed by atoms with E-state index < -0.39 is 0 Å². The summed E-state index contributed by atoms with van der Waals surface area (Å²) in [6.07, 6.45) is 4.80. The van der Waals surface area contributed by atoms with Gasteiger partial charge in [-0.3, -0.25) is 9.30 Å². The lowest BCUT2D eigenvalue weighted by molar-refractivity contribution is 0.104. The van der Waals surface area contributed by atoms with E-state index in [-0.39, 0.29) is 0 Å². The molecule has 0 atom stereocenters. The lowest BCUT2D eigenvalue weighted by Crippen LogP contribution is -2.46. The van der Waals surface area contributed by atoms with Crippen LogP contribution in [0.15, 0.2) is 30.7 Å². The van der Waals surface area contributed by atoms with Gasteiger partial charge in [-0.15, -0.1) is 11.3 Å². The third-order valence-corrected chi connectivity index (χ3v) is 7.07. The molecule has 5 nitrogen and oxygen atoms in total. The van der Waals surface area contributed by atoms with Crippen molar-refractivity contribution < 1.29 is 4.74 Å². The van der Waals surface area contributed by atoms with Crippen molar-refractivity contribution in [2.24, 2.45) is 0 Å². The van der Waals surface area contributed by atoms with E-state index >= 15 is 0 Å². The molecule has 0 N–H and O–H groups in total. The zero-order chi connectivity index (χ0) is 19.5. The highest BCUT2D eigenvalue weighted by molar-refractivity contribution is 7.17. The first-order valence-corrected chi connectivity index (χ1v) is 11.1. The summed E-state index contributed by atoms with van der Waals surface area (Å²) < 4.78 is 8.06. The van der Waals surface area contributed by atoms with E-state index in [1.54, 1.807) is 11.3 Å². The Morgan fingerprint density at radius 2 is 2.00 bits per heavy atom. The van der Waals surface area contributed by atoms with E-state index in [0.717, 1.165) is 51.4 Å². The molecule has 3 aromatic rings. The predicted molar refractivity (Wildman–Crippen MR) is 117 cm³/mol. The summed E-state index contributed by atoms with van der Waals surface area (Å²) in [5.74, 6) is 0. The highest BCUT2D eigenvalue weighted by Gasteiger charge is 2.19. The molecule has 0 aliphatic carbocycles. The Bertz CT molecular complexity index is 934. The largest absolute Gasteiger partial charge is 0.375 e. The molecule has 3 heterocycles. The number of halogens is 2. The van der Waals surface area contributed by atoms with Gasteiger partial charge in [-0.2, -0.15) is 0 Å². The Morgan fingerprint density at radius 1 is 1.18 bits per heavy atom. The van der Waals surface area contributed by atoms with Crippen LogP contribution in [-0.4, -0.2) is 53.6 Å². The van der Waals surface area contributed by atoms with E-state index in [0.29, 0.717) is 16.7 Å². The molecule has 150 valence electrons. The highest BCUT2D eigenvalue weighted by atomic mass is 35.5. The highest BCUT2D eigenvalue weighted by Crippen LogP contribution is 2.32. The van der Waals surface area contributed by atoms with E-state index in [1.807, 2.05) is 30.7 Å². The number of benzene rings is 1. The third-order valence-electron chi connectivity index (χ3n) is 5.21. The molecule has 0 radical (unpaired) electrons. The van der Waals surface area contributed by atoms with Crippen LogP contribution in [0.3, 0.4) is 0 Å². The molecule has 1 fully saturated rings. The first-order valence-electron chi connectivity index (χ1n) is 9.53. The lowest BCUT2D eigenvalue weighted by Gasteiger charge is -2.36. The molecule has 4 rings (SSSR count). The van der Waals surface area contributed by atoms with Crippen LogP contribution in [0.1, 0.15) is 17.0 Å². The summed E-state index contributed by atoms with van der Waals surface area (Å²) in [4.78, 5) is 11.5. The summed E-state index contributed by atoms with van der Waals surface area (Å²) in [7, 11) is 0. The van der Waals surface area contributed by atoms with Gasteiger partial charge in [0.25, 0.3) is 0 Å². The van der Waals surface area contributed by atoms with Crippen molar-refractivity contribution in [2.75, 3.05) is 44.2 Å². The first kappa shape index (κ1) is 20.0. The third kappa shape index (κ3) is 4.31. The minimum atomic E-state index is 0.618. The summed E-state index contributed by atoms with van der Waals surface area (Å²) in [5.41, 5.74) is 2.25. The van der Waals surface area contributed by atoms with Crippen LogP contribution in [0.5, 0.6) is 0 Å². The Hall–Kier alpha value is -1.31.